The van der Waals surface area contributed by atoms with Crippen molar-refractivity contribution in [2.75, 3.05) is 0 Å². The van der Waals surface area contributed by atoms with E-state index in [0.29, 0.717) is 34.4 Å². The third kappa shape index (κ3) is 3.01. The molecule has 0 aliphatic heterocycles. The van der Waals surface area contributed by atoms with Crippen LogP contribution in [0.25, 0.3) is 16.7 Å². The standard InChI is InChI=1S/C20H17N7O2S/c1-25-17(28)14-9-5-6-10-15(14)27-16(21-22-18(25)27)12-30-20-24-23-19(29)26(20)11-13-7-3-2-4-8-13/h2-10H,11-12H2,1H3,(H,23,29). The molecule has 0 fully saturated rings. The number of fused-ring (bicyclic) bond motifs is 3. The Morgan fingerprint density at radius 2 is 1.77 bits per heavy atom. The highest BCUT2D eigenvalue weighted by Gasteiger charge is 2.16. The number of rotatable bonds is 5. The summed E-state index contributed by atoms with van der Waals surface area (Å²) in [5.74, 6) is 1.57. The molecule has 5 rings (SSSR count). The Kier molecular flexibility index (Phi) is 4.47. The van der Waals surface area contributed by atoms with Crippen LogP contribution in [0, 0.1) is 0 Å². The Balaban J connectivity index is 1.51. The fraction of sp³-hybridized carbons (Fsp3) is 0.150. The van der Waals surface area contributed by atoms with Gasteiger partial charge in [-0.25, -0.2) is 9.89 Å². The Hall–Kier alpha value is -3.66. The molecule has 3 aromatic heterocycles. The predicted molar refractivity (Wildman–Crippen MR) is 114 cm³/mol. The van der Waals surface area contributed by atoms with Crippen molar-refractivity contribution in [2.24, 2.45) is 7.05 Å². The molecular formula is C20H17N7O2S. The van der Waals surface area contributed by atoms with Gasteiger partial charge in [-0.2, -0.15) is 0 Å². The molecule has 5 aromatic rings. The molecule has 2 aromatic carbocycles. The second-order valence-corrected chi connectivity index (χ2v) is 7.75. The molecule has 0 aliphatic carbocycles. The third-order valence-corrected chi connectivity index (χ3v) is 5.90. The number of aromatic amines is 1. The van der Waals surface area contributed by atoms with Gasteiger partial charge in [0.05, 0.1) is 23.2 Å². The van der Waals surface area contributed by atoms with E-state index in [9.17, 15) is 9.59 Å². The van der Waals surface area contributed by atoms with Crippen molar-refractivity contribution in [3.8, 4) is 0 Å². The lowest BCUT2D eigenvalue weighted by atomic mass is 10.2. The quantitative estimate of drug-likeness (QED) is 0.436. The fourth-order valence-corrected chi connectivity index (χ4v) is 4.29. The summed E-state index contributed by atoms with van der Waals surface area (Å²) in [6.07, 6.45) is 0. The van der Waals surface area contributed by atoms with Gasteiger partial charge in [-0.15, -0.1) is 15.3 Å². The van der Waals surface area contributed by atoms with Crippen molar-refractivity contribution in [2.45, 2.75) is 17.5 Å². The number of aromatic nitrogens is 7. The lowest BCUT2D eigenvalue weighted by molar-refractivity contribution is 0.686. The zero-order valence-electron chi connectivity index (χ0n) is 16.0. The number of benzene rings is 2. The molecule has 0 radical (unpaired) electrons. The van der Waals surface area contributed by atoms with Gasteiger partial charge in [-0.3, -0.25) is 18.3 Å². The number of hydrogen-bond donors (Lipinski definition) is 1. The minimum atomic E-state index is -0.264. The zero-order chi connectivity index (χ0) is 20.7. The predicted octanol–water partition coefficient (Wildman–Crippen LogP) is 1.81. The summed E-state index contributed by atoms with van der Waals surface area (Å²) in [6, 6.07) is 17.1. The maximum atomic E-state index is 12.6. The van der Waals surface area contributed by atoms with Crippen molar-refractivity contribution in [1.82, 2.24) is 33.9 Å². The third-order valence-electron chi connectivity index (χ3n) is 4.93. The molecule has 0 bridgehead atoms. The average molecular weight is 419 g/mol. The topological polar surface area (TPSA) is 103 Å². The summed E-state index contributed by atoms with van der Waals surface area (Å²) in [4.78, 5) is 24.8. The summed E-state index contributed by atoms with van der Waals surface area (Å²) in [5, 5.41) is 16.3. The fourth-order valence-electron chi connectivity index (χ4n) is 3.43. The molecule has 0 spiro atoms. The summed E-state index contributed by atoms with van der Waals surface area (Å²) in [5.41, 5.74) is 1.38. The number of H-pyrrole nitrogens is 1. The van der Waals surface area contributed by atoms with Gasteiger partial charge in [-0.1, -0.05) is 54.2 Å². The Morgan fingerprint density at radius 3 is 2.60 bits per heavy atom. The van der Waals surface area contributed by atoms with E-state index in [2.05, 4.69) is 20.4 Å². The van der Waals surface area contributed by atoms with Gasteiger partial charge in [0.25, 0.3) is 5.56 Å². The van der Waals surface area contributed by atoms with Crippen molar-refractivity contribution in [3.63, 3.8) is 0 Å². The van der Waals surface area contributed by atoms with Crippen LogP contribution >= 0.6 is 11.8 Å². The molecule has 0 amide bonds. The smallest absolute Gasteiger partial charge is 0.279 e. The van der Waals surface area contributed by atoms with Crippen LogP contribution in [0.4, 0.5) is 0 Å². The van der Waals surface area contributed by atoms with Gasteiger partial charge in [0, 0.05) is 7.05 Å². The van der Waals surface area contributed by atoms with Crippen LogP contribution in [-0.4, -0.2) is 33.9 Å². The van der Waals surface area contributed by atoms with Crippen molar-refractivity contribution >= 4 is 28.4 Å². The molecule has 150 valence electrons. The van der Waals surface area contributed by atoms with Gasteiger partial charge < -0.3 is 0 Å². The van der Waals surface area contributed by atoms with Crippen LogP contribution in [-0.2, 0) is 19.3 Å². The molecule has 1 N–H and O–H groups in total. The van der Waals surface area contributed by atoms with E-state index in [1.807, 2.05) is 52.9 Å². The molecule has 3 heterocycles. The van der Waals surface area contributed by atoms with Crippen LogP contribution in [0.2, 0.25) is 0 Å². The highest BCUT2D eigenvalue weighted by atomic mass is 32.2. The molecule has 9 nitrogen and oxygen atoms in total. The first-order valence-corrected chi connectivity index (χ1v) is 10.3. The van der Waals surface area contributed by atoms with Gasteiger partial charge >= 0.3 is 5.69 Å². The highest BCUT2D eigenvalue weighted by molar-refractivity contribution is 7.98. The summed E-state index contributed by atoms with van der Waals surface area (Å²) in [7, 11) is 1.68. The van der Waals surface area contributed by atoms with Gasteiger partial charge in [0.1, 0.15) is 5.82 Å². The minimum absolute atomic E-state index is 0.117. The first kappa shape index (κ1) is 18.4. The van der Waals surface area contributed by atoms with E-state index in [0.717, 1.165) is 11.1 Å². The monoisotopic (exact) mass is 419 g/mol. The van der Waals surface area contributed by atoms with Crippen LogP contribution in [0.1, 0.15) is 11.4 Å². The number of thioether (sulfide) groups is 1. The summed E-state index contributed by atoms with van der Waals surface area (Å²) in [6.45, 7) is 0.427. The average Bonchev–Trinajstić information content (AvgIpc) is 3.35. The van der Waals surface area contributed by atoms with Crippen LogP contribution in [0.5, 0.6) is 0 Å². The number of hydrogen-bond acceptors (Lipinski definition) is 6. The zero-order valence-corrected chi connectivity index (χ0v) is 16.8. The minimum Gasteiger partial charge on any atom is -0.279 e. The highest BCUT2D eigenvalue weighted by Crippen LogP contribution is 2.22. The summed E-state index contributed by atoms with van der Waals surface area (Å²) < 4.78 is 4.95. The van der Waals surface area contributed by atoms with Crippen molar-refractivity contribution in [3.05, 3.63) is 86.8 Å². The van der Waals surface area contributed by atoms with Crippen LogP contribution < -0.4 is 11.2 Å². The Bertz CT molecular complexity index is 1480. The Labute approximate surface area is 174 Å². The van der Waals surface area contributed by atoms with E-state index in [-0.39, 0.29) is 11.2 Å². The van der Waals surface area contributed by atoms with Crippen molar-refractivity contribution < 1.29 is 0 Å². The maximum Gasteiger partial charge on any atom is 0.344 e. The first-order chi connectivity index (χ1) is 14.6. The van der Waals surface area contributed by atoms with E-state index in [1.165, 1.54) is 16.3 Å². The van der Waals surface area contributed by atoms with Crippen LogP contribution in [0.3, 0.4) is 0 Å². The van der Waals surface area contributed by atoms with E-state index in [4.69, 9.17) is 0 Å². The van der Waals surface area contributed by atoms with Crippen LogP contribution in [0.15, 0.2) is 69.3 Å². The van der Waals surface area contributed by atoms with E-state index in [1.54, 1.807) is 17.7 Å². The molecule has 0 unspecified atom stereocenters. The van der Waals surface area contributed by atoms with Gasteiger partial charge in [-0.05, 0) is 17.7 Å². The molecule has 10 heteroatoms. The molecule has 0 aliphatic rings. The number of aryl methyl sites for hydroxylation is 1. The SMILES string of the molecule is Cn1c(=O)c2ccccc2n2c(CSc3n[nH]c(=O)n3Cc3ccccc3)nnc12. The number of para-hydroxylation sites is 1. The summed E-state index contributed by atoms with van der Waals surface area (Å²) >= 11 is 1.39. The van der Waals surface area contributed by atoms with Crippen molar-refractivity contribution in [1.29, 1.82) is 0 Å². The Morgan fingerprint density at radius 1 is 1.00 bits per heavy atom. The second-order valence-electron chi connectivity index (χ2n) is 6.80. The molecule has 0 atom stereocenters. The van der Waals surface area contributed by atoms with Gasteiger partial charge in [0.2, 0.25) is 5.78 Å². The van der Waals surface area contributed by atoms with Gasteiger partial charge in [0.15, 0.2) is 5.16 Å². The second kappa shape index (κ2) is 7.30. The van der Waals surface area contributed by atoms with E-state index < -0.39 is 0 Å². The number of nitrogens with one attached hydrogen (secondary N) is 1. The molecular weight excluding hydrogens is 402 g/mol. The van der Waals surface area contributed by atoms with E-state index >= 15 is 0 Å². The molecule has 0 saturated carbocycles. The maximum absolute atomic E-state index is 12.6. The number of nitrogens with zero attached hydrogens (tertiary/aromatic N) is 6. The largest absolute Gasteiger partial charge is 0.344 e. The lowest BCUT2D eigenvalue weighted by Gasteiger charge is -2.08. The molecule has 30 heavy (non-hydrogen) atoms. The first-order valence-electron chi connectivity index (χ1n) is 9.27. The lowest BCUT2D eigenvalue weighted by Crippen LogP contribution is -2.20. The normalized spacial score (nSPS) is 11.5. The molecule has 0 saturated heterocycles.